The van der Waals surface area contributed by atoms with Crippen molar-refractivity contribution in [3.63, 3.8) is 0 Å². The molecular formula is C20H19NO. The molecule has 0 aliphatic rings. The van der Waals surface area contributed by atoms with Gasteiger partial charge in [-0.05, 0) is 23.3 Å². The molecule has 2 heteroatoms. The van der Waals surface area contributed by atoms with Gasteiger partial charge in [-0.1, -0.05) is 73.7 Å². The molecule has 0 radical (unpaired) electrons. The van der Waals surface area contributed by atoms with Crippen molar-refractivity contribution in [2.75, 3.05) is 0 Å². The molecular weight excluding hydrogens is 270 g/mol. The molecule has 0 aliphatic heterocycles. The molecule has 1 aromatic heterocycles. The Labute approximate surface area is 131 Å². The van der Waals surface area contributed by atoms with Crippen LogP contribution in [0.4, 0.5) is 0 Å². The first kappa shape index (κ1) is 14.5. The van der Waals surface area contributed by atoms with Crippen LogP contribution in [0.3, 0.4) is 0 Å². The summed E-state index contributed by atoms with van der Waals surface area (Å²) < 4.78 is 0. The molecule has 110 valence electrons. The van der Waals surface area contributed by atoms with Gasteiger partial charge in [-0.15, -0.1) is 0 Å². The molecule has 2 aromatic carbocycles. The first-order chi connectivity index (χ1) is 10.7. The van der Waals surface area contributed by atoms with E-state index in [1.54, 1.807) is 6.20 Å². The molecule has 3 aromatic rings. The van der Waals surface area contributed by atoms with Gasteiger partial charge in [0.2, 0.25) is 0 Å². The molecule has 1 unspecified atom stereocenters. The van der Waals surface area contributed by atoms with Crippen LogP contribution in [0.2, 0.25) is 0 Å². The second-order valence-electron chi connectivity index (χ2n) is 5.47. The van der Waals surface area contributed by atoms with Gasteiger partial charge in [0.15, 0.2) is 0 Å². The predicted octanol–water partition coefficient (Wildman–Crippen LogP) is 4.12. The third-order valence-electron chi connectivity index (χ3n) is 4.19. The van der Waals surface area contributed by atoms with E-state index in [0.717, 1.165) is 16.8 Å². The van der Waals surface area contributed by atoms with Crippen LogP contribution in [0.1, 0.15) is 29.7 Å². The molecule has 0 amide bonds. The van der Waals surface area contributed by atoms with Crippen molar-refractivity contribution in [3.05, 3.63) is 102 Å². The summed E-state index contributed by atoms with van der Waals surface area (Å²) in [4.78, 5) is 4.44. The molecule has 0 spiro atoms. The average Bonchev–Trinajstić information content (AvgIpc) is 2.62. The molecule has 2 nitrogen and oxygen atoms in total. The van der Waals surface area contributed by atoms with Crippen molar-refractivity contribution in [3.8, 4) is 0 Å². The summed E-state index contributed by atoms with van der Waals surface area (Å²) in [5, 5.41) is 11.6. The fraction of sp³-hybridized carbons (Fsp3) is 0.150. The van der Waals surface area contributed by atoms with Crippen molar-refractivity contribution in [2.24, 2.45) is 0 Å². The lowest BCUT2D eigenvalue weighted by Gasteiger charge is -2.35. The van der Waals surface area contributed by atoms with E-state index in [1.165, 1.54) is 0 Å². The van der Waals surface area contributed by atoms with Gasteiger partial charge in [0.25, 0.3) is 0 Å². The summed E-state index contributed by atoms with van der Waals surface area (Å²) >= 11 is 0. The fourth-order valence-corrected chi connectivity index (χ4v) is 2.90. The third kappa shape index (κ3) is 2.53. The summed E-state index contributed by atoms with van der Waals surface area (Å²) in [5.74, 6) is -0.168. The summed E-state index contributed by atoms with van der Waals surface area (Å²) in [7, 11) is 0. The van der Waals surface area contributed by atoms with Crippen LogP contribution in [0.25, 0.3) is 0 Å². The van der Waals surface area contributed by atoms with Crippen LogP contribution >= 0.6 is 0 Å². The largest absolute Gasteiger partial charge is 0.380 e. The Morgan fingerprint density at radius 2 is 1.27 bits per heavy atom. The van der Waals surface area contributed by atoms with Gasteiger partial charge in [-0.25, -0.2) is 0 Å². The zero-order valence-corrected chi connectivity index (χ0v) is 12.6. The lowest BCUT2D eigenvalue weighted by atomic mass is 9.75. The number of benzene rings is 2. The highest BCUT2D eigenvalue weighted by molar-refractivity contribution is 5.40. The van der Waals surface area contributed by atoms with E-state index in [4.69, 9.17) is 0 Å². The summed E-state index contributed by atoms with van der Waals surface area (Å²) in [6.45, 7) is 2.02. The molecule has 22 heavy (non-hydrogen) atoms. The van der Waals surface area contributed by atoms with Crippen LogP contribution in [0.15, 0.2) is 85.1 Å². The zero-order chi connectivity index (χ0) is 15.4. The van der Waals surface area contributed by atoms with Crippen molar-refractivity contribution in [1.82, 2.24) is 4.98 Å². The third-order valence-corrected chi connectivity index (χ3v) is 4.19. The molecule has 0 saturated heterocycles. The smallest absolute Gasteiger partial charge is 0.123 e. The monoisotopic (exact) mass is 289 g/mol. The maximum atomic E-state index is 11.6. The standard InChI is InChI=1S/C20H19NO/c1-16(19-14-8-9-15-21-19)20(22,17-10-4-2-5-11-17)18-12-6-3-7-13-18/h2-16,22H,1H3. The minimum Gasteiger partial charge on any atom is -0.380 e. The highest BCUT2D eigenvalue weighted by Gasteiger charge is 2.38. The second kappa shape index (κ2) is 6.12. The Balaban J connectivity index is 2.16. The highest BCUT2D eigenvalue weighted by atomic mass is 16.3. The van der Waals surface area contributed by atoms with E-state index in [1.807, 2.05) is 85.8 Å². The van der Waals surface area contributed by atoms with Crippen LogP contribution in [0, 0.1) is 0 Å². The molecule has 0 bridgehead atoms. The number of nitrogens with zero attached hydrogens (tertiary/aromatic N) is 1. The number of rotatable bonds is 4. The lowest BCUT2D eigenvalue weighted by Crippen LogP contribution is -2.34. The summed E-state index contributed by atoms with van der Waals surface area (Å²) in [6, 6.07) is 25.4. The first-order valence-electron chi connectivity index (χ1n) is 7.47. The molecule has 0 fully saturated rings. The van der Waals surface area contributed by atoms with E-state index < -0.39 is 5.60 Å². The van der Waals surface area contributed by atoms with Crippen molar-refractivity contribution >= 4 is 0 Å². The number of aliphatic hydroxyl groups is 1. The van der Waals surface area contributed by atoms with Crippen LogP contribution in [-0.4, -0.2) is 10.1 Å². The number of hydrogen-bond acceptors (Lipinski definition) is 2. The van der Waals surface area contributed by atoms with Gasteiger partial charge >= 0.3 is 0 Å². The SMILES string of the molecule is CC(c1ccccn1)C(O)(c1ccccc1)c1ccccc1. The molecule has 0 saturated carbocycles. The van der Waals surface area contributed by atoms with E-state index in [-0.39, 0.29) is 5.92 Å². The van der Waals surface area contributed by atoms with Gasteiger partial charge in [0, 0.05) is 17.8 Å². The first-order valence-corrected chi connectivity index (χ1v) is 7.47. The molecule has 1 atom stereocenters. The Bertz CT molecular complexity index is 671. The fourth-order valence-electron chi connectivity index (χ4n) is 2.90. The van der Waals surface area contributed by atoms with E-state index in [9.17, 15) is 5.11 Å². The van der Waals surface area contributed by atoms with Gasteiger partial charge < -0.3 is 5.11 Å². The topological polar surface area (TPSA) is 33.1 Å². The molecule has 1 N–H and O–H groups in total. The molecule has 1 heterocycles. The Morgan fingerprint density at radius 1 is 0.773 bits per heavy atom. The highest BCUT2D eigenvalue weighted by Crippen LogP contribution is 2.41. The minimum atomic E-state index is -1.11. The quantitative estimate of drug-likeness (QED) is 0.783. The lowest BCUT2D eigenvalue weighted by molar-refractivity contribution is 0.0541. The van der Waals surface area contributed by atoms with Gasteiger partial charge in [0.05, 0.1) is 0 Å². The summed E-state index contributed by atoms with van der Waals surface area (Å²) in [6.07, 6.45) is 1.77. The second-order valence-corrected chi connectivity index (χ2v) is 5.47. The van der Waals surface area contributed by atoms with E-state index in [0.29, 0.717) is 0 Å². The molecule has 0 aliphatic carbocycles. The Kier molecular flexibility index (Phi) is 4.03. The van der Waals surface area contributed by atoms with Crippen molar-refractivity contribution in [2.45, 2.75) is 18.4 Å². The van der Waals surface area contributed by atoms with Crippen molar-refractivity contribution in [1.29, 1.82) is 0 Å². The van der Waals surface area contributed by atoms with Crippen LogP contribution in [0.5, 0.6) is 0 Å². The summed E-state index contributed by atoms with van der Waals surface area (Å²) in [5.41, 5.74) is 1.51. The predicted molar refractivity (Wildman–Crippen MR) is 88.5 cm³/mol. The average molecular weight is 289 g/mol. The normalized spacial score (nSPS) is 12.8. The maximum absolute atomic E-state index is 11.6. The van der Waals surface area contributed by atoms with E-state index in [2.05, 4.69) is 4.98 Å². The number of aromatic nitrogens is 1. The van der Waals surface area contributed by atoms with Crippen LogP contribution < -0.4 is 0 Å². The Morgan fingerprint density at radius 3 is 1.73 bits per heavy atom. The zero-order valence-electron chi connectivity index (χ0n) is 12.6. The minimum absolute atomic E-state index is 0.168. The van der Waals surface area contributed by atoms with Gasteiger partial charge in [-0.3, -0.25) is 4.98 Å². The number of hydrogen-bond donors (Lipinski definition) is 1. The number of pyridine rings is 1. The van der Waals surface area contributed by atoms with Crippen molar-refractivity contribution < 1.29 is 5.11 Å². The maximum Gasteiger partial charge on any atom is 0.123 e. The Hall–Kier alpha value is -2.45. The van der Waals surface area contributed by atoms with Gasteiger partial charge in [-0.2, -0.15) is 0 Å². The van der Waals surface area contributed by atoms with Crippen LogP contribution in [-0.2, 0) is 5.60 Å². The van der Waals surface area contributed by atoms with E-state index >= 15 is 0 Å². The molecule has 3 rings (SSSR count). The van der Waals surface area contributed by atoms with Gasteiger partial charge in [0.1, 0.15) is 5.60 Å².